The number of hydrogen-bond donors (Lipinski definition) is 1. The second-order valence-corrected chi connectivity index (χ2v) is 4.93. The predicted molar refractivity (Wildman–Crippen MR) is 77.6 cm³/mol. The van der Waals surface area contributed by atoms with Gasteiger partial charge in [-0.15, -0.1) is 0 Å². The van der Waals surface area contributed by atoms with Crippen LogP contribution in [0.25, 0.3) is 0 Å². The molecule has 0 atom stereocenters. The molecule has 0 radical (unpaired) electrons. The quantitative estimate of drug-likeness (QED) is 0.859. The summed E-state index contributed by atoms with van der Waals surface area (Å²) in [5.41, 5.74) is 8.10. The highest BCUT2D eigenvalue weighted by atomic mass is 15.1. The number of benzene rings is 1. The number of rotatable bonds is 6. The summed E-state index contributed by atoms with van der Waals surface area (Å²) in [4.78, 5) is 6.55. The standard InChI is InChI=1S/C15H22N4/c1-13-17-7-8-19(13)10-9-18(2)12-15-5-3-14(11-16)4-6-15/h3-8H,9-12,16H2,1-2H3. The maximum atomic E-state index is 5.60. The number of imidazole rings is 1. The number of likely N-dealkylation sites (N-methyl/N-ethyl adjacent to an activating group) is 1. The van der Waals surface area contributed by atoms with Crippen LogP contribution < -0.4 is 5.73 Å². The SMILES string of the molecule is Cc1nccn1CCN(C)Cc1ccc(CN)cc1. The van der Waals surface area contributed by atoms with Crippen molar-refractivity contribution in [3.63, 3.8) is 0 Å². The van der Waals surface area contributed by atoms with Gasteiger partial charge in [-0.25, -0.2) is 4.98 Å². The lowest BCUT2D eigenvalue weighted by Gasteiger charge is -2.17. The zero-order valence-electron chi connectivity index (χ0n) is 11.7. The van der Waals surface area contributed by atoms with Crippen LogP contribution in [0.1, 0.15) is 17.0 Å². The fourth-order valence-corrected chi connectivity index (χ4v) is 2.09. The first-order valence-corrected chi connectivity index (χ1v) is 6.63. The van der Waals surface area contributed by atoms with E-state index in [-0.39, 0.29) is 0 Å². The minimum Gasteiger partial charge on any atom is -0.334 e. The molecule has 2 N–H and O–H groups in total. The first kappa shape index (κ1) is 13.8. The lowest BCUT2D eigenvalue weighted by Crippen LogP contribution is -2.23. The highest BCUT2D eigenvalue weighted by molar-refractivity contribution is 5.22. The highest BCUT2D eigenvalue weighted by Gasteiger charge is 2.02. The summed E-state index contributed by atoms with van der Waals surface area (Å²) in [6, 6.07) is 8.51. The third-order valence-electron chi connectivity index (χ3n) is 3.36. The minimum absolute atomic E-state index is 0.607. The van der Waals surface area contributed by atoms with Crippen molar-refractivity contribution in [1.82, 2.24) is 14.5 Å². The number of nitrogens with zero attached hydrogens (tertiary/aromatic N) is 3. The van der Waals surface area contributed by atoms with Crippen molar-refractivity contribution in [3.05, 3.63) is 53.6 Å². The molecule has 1 aromatic carbocycles. The summed E-state index contributed by atoms with van der Waals surface area (Å²) in [5, 5.41) is 0. The van der Waals surface area contributed by atoms with Gasteiger partial charge < -0.3 is 15.2 Å². The molecule has 0 spiro atoms. The molecule has 4 heteroatoms. The molecule has 1 aromatic heterocycles. The van der Waals surface area contributed by atoms with Crippen LogP contribution in [-0.2, 0) is 19.6 Å². The first-order chi connectivity index (χ1) is 9.19. The molecule has 0 unspecified atom stereocenters. The van der Waals surface area contributed by atoms with E-state index in [2.05, 4.69) is 45.8 Å². The van der Waals surface area contributed by atoms with E-state index < -0.39 is 0 Å². The van der Waals surface area contributed by atoms with E-state index >= 15 is 0 Å². The molecule has 0 saturated carbocycles. The smallest absolute Gasteiger partial charge is 0.105 e. The number of hydrogen-bond acceptors (Lipinski definition) is 3. The molecule has 0 aliphatic carbocycles. The molecule has 19 heavy (non-hydrogen) atoms. The van der Waals surface area contributed by atoms with Gasteiger partial charge in [0.2, 0.25) is 0 Å². The van der Waals surface area contributed by atoms with Gasteiger partial charge in [0.1, 0.15) is 5.82 Å². The summed E-state index contributed by atoms with van der Waals surface area (Å²) in [6.07, 6.45) is 3.88. The summed E-state index contributed by atoms with van der Waals surface area (Å²) < 4.78 is 2.17. The van der Waals surface area contributed by atoms with Crippen LogP contribution in [0.5, 0.6) is 0 Å². The maximum absolute atomic E-state index is 5.60. The Kier molecular flexibility index (Phi) is 4.71. The van der Waals surface area contributed by atoms with Gasteiger partial charge in [0.25, 0.3) is 0 Å². The molecule has 2 rings (SSSR count). The number of nitrogens with two attached hydrogens (primary N) is 1. The normalized spacial score (nSPS) is 11.2. The Balaban J connectivity index is 1.83. The summed E-state index contributed by atoms with van der Waals surface area (Å²) in [6.45, 7) is 5.58. The molecule has 0 bridgehead atoms. The fourth-order valence-electron chi connectivity index (χ4n) is 2.09. The second-order valence-electron chi connectivity index (χ2n) is 4.93. The fraction of sp³-hybridized carbons (Fsp3) is 0.400. The van der Waals surface area contributed by atoms with E-state index in [1.165, 1.54) is 11.1 Å². The Hall–Kier alpha value is -1.65. The van der Waals surface area contributed by atoms with Gasteiger partial charge in [-0.05, 0) is 25.1 Å². The van der Waals surface area contributed by atoms with Gasteiger partial charge >= 0.3 is 0 Å². The van der Waals surface area contributed by atoms with Crippen molar-refractivity contribution in [2.24, 2.45) is 5.73 Å². The van der Waals surface area contributed by atoms with E-state index in [4.69, 9.17) is 5.73 Å². The molecule has 0 saturated heterocycles. The largest absolute Gasteiger partial charge is 0.334 e. The molecular formula is C15H22N4. The molecule has 0 fully saturated rings. The Morgan fingerprint density at radius 1 is 1.21 bits per heavy atom. The van der Waals surface area contributed by atoms with E-state index in [9.17, 15) is 0 Å². The predicted octanol–water partition coefficient (Wildman–Crippen LogP) is 1.78. The lowest BCUT2D eigenvalue weighted by molar-refractivity contribution is 0.310. The zero-order chi connectivity index (χ0) is 13.7. The van der Waals surface area contributed by atoms with E-state index in [0.717, 1.165) is 25.5 Å². The monoisotopic (exact) mass is 258 g/mol. The van der Waals surface area contributed by atoms with Crippen LogP contribution in [0.4, 0.5) is 0 Å². The summed E-state index contributed by atoms with van der Waals surface area (Å²) in [7, 11) is 2.14. The average molecular weight is 258 g/mol. The Morgan fingerprint density at radius 2 is 1.89 bits per heavy atom. The molecule has 4 nitrogen and oxygen atoms in total. The van der Waals surface area contributed by atoms with Crippen molar-refractivity contribution in [3.8, 4) is 0 Å². The average Bonchev–Trinajstić information content (AvgIpc) is 2.83. The van der Waals surface area contributed by atoms with Gasteiger partial charge in [-0.1, -0.05) is 24.3 Å². The van der Waals surface area contributed by atoms with Crippen LogP contribution >= 0.6 is 0 Å². The minimum atomic E-state index is 0.607. The first-order valence-electron chi connectivity index (χ1n) is 6.63. The van der Waals surface area contributed by atoms with E-state index in [1.807, 2.05) is 19.3 Å². The van der Waals surface area contributed by atoms with Crippen molar-refractivity contribution >= 4 is 0 Å². The van der Waals surface area contributed by atoms with Gasteiger partial charge in [0.05, 0.1) is 0 Å². The molecule has 0 amide bonds. The molecular weight excluding hydrogens is 236 g/mol. The van der Waals surface area contributed by atoms with Gasteiger partial charge in [0, 0.05) is 38.6 Å². The molecule has 0 aliphatic heterocycles. The van der Waals surface area contributed by atoms with Crippen molar-refractivity contribution in [2.75, 3.05) is 13.6 Å². The number of aromatic nitrogens is 2. The van der Waals surface area contributed by atoms with Crippen molar-refractivity contribution in [2.45, 2.75) is 26.6 Å². The van der Waals surface area contributed by atoms with Gasteiger partial charge in [-0.2, -0.15) is 0 Å². The lowest BCUT2D eigenvalue weighted by atomic mass is 10.1. The van der Waals surface area contributed by atoms with Crippen LogP contribution in [0.3, 0.4) is 0 Å². The Morgan fingerprint density at radius 3 is 2.47 bits per heavy atom. The molecule has 102 valence electrons. The van der Waals surface area contributed by atoms with Crippen LogP contribution in [0.2, 0.25) is 0 Å². The highest BCUT2D eigenvalue weighted by Crippen LogP contribution is 2.06. The van der Waals surface area contributed by atoms with Crippen LogP contribution in [0.15, 0.2) is 36.7 Å². The molecule has 1 heterocycles. The van der Waals surface area contributed by atoms with Crippen molar-refractivity contribution in [1.29, 1.82) is 0 Å². The Bertz CT molecular complexity index is 501. The second kappa shape index (κ2) is 6.50. The third kappa shape index (κ3) is 3.91. The molecule has 0 aliphatic rings. The van der Waals surface area contributed by atoms with Crippen molar-refractivity contribution < 1.29 is 0 Å². The van der Waals surface area contributed by atoms with Crippen LogP contribution in [0, 0.1) is 6.92 Å². The van der Waals surface area contributed by atoms with E-state index in [1.54, 1.807) is 0 Å². The Labute approximate surface area is 114 Å². The topological polar surface area (TPSA) is 47.1 Å². The van der Waals surface area contributed by atoms with E-state index in [0.29, 0.717) is 6.54 Å². The zero-order valence-corrected chi connectivity index (χ0v) is 11.7. The third-order valence-corrected chi connectivity index (χ3v) is 3.36. The van der Waals surface area contributed by atoms with Gasteiger partial charge in [-0.3, -0.25) is 0 Å². The number of aryl methyl sites for hydroxylation is 1. The van der Waals surface area contributed by atoms with Gasteiger partial charge in [0.15, 0.2) is 0 Å². The van der Waals surface area contributed by atoms with Crippen LogP contribution in [-0.4, -0.2) is 28.0 Å². The summed E-state index contributed by atoms with van der Waals surface area (Å²) in [5.74, 6) is 1.07. The molecule has 2 aromatic rings. The summed E-state index contributed by atoms with van der Waals surface area (Å²) >= 11 is 0. The maximum Gasteiger partial charge on any atom is 0.105 e.